The number of aromatic hydroxyl groups is 1. The van der Waals surface area contributed by atoms with Crippen molar-refractivity contribution in [2.45, 2.75) is 33.1 Å². The number of phenolic OH excluding ortho intramolecular Hbond substituents is 1. The summed E-state index contributed by atoms with van der Waals surface area (Å²) in [5.41, 5.74) is 6.77. The van der Waals surface area contributed by atoms with Crippen molar-refractivity contribution in [2.75, 3.05) is 24.3 Å². The van der Waals surface area contributed by atoms with Crippen LogP contribution >= 0.6 is 36.1 Å². The SMILES string of the molecule is COc1cc(S(=O)(=O)CC[n+]2cccc(C)c2)ccc1N=Nc1c(N)ccc2c(O)c(N=Nc3ccc(SOC(=O)CSOOO)cc3S(=O)(=O)O)c(SOOO)cc12.O. The number of aryl methyl sites for hydroxylation is 2. The van der Waals surface area contributed by atoms with Crippen LogP contribution in [0.5, 0.6) is 11.5 Å². The Kier molecular flexibility index (Phi) is 17.1. The van der Waals surface area contributed by atoms with Gasteiger partial charge in [0.2, 0.25) is 0 Å². The van der Waals surface area contributed by atoms with Gasteiger partial charge in [-0.2, -0.15) is 8.42 Å². The Balaban J connectivity index is 0.00000794. The van der Waals surface area contributed by atoms with Gasteiger partial charge >= 0.3 is 5.97 Å². The van der Waals surface area contributed by atoms with Crippen LogP contribution in [-0.4, -0.2) is 67.1 Å². The maximum Gasteiger partial charge on any atom is 0.330 e. The molecule has 0 amide bonds. The van der Waals surface area contributed by atoms with Gasteiger partial charge in [-0.15, -0.1) is 29.1 Å². The van der Waals surface area contributed by atoms with Crippen LogP contribution in [0.2, 0.25) is 0 Å². The molecule has 0 radical (unpaired) electrons. The van der Waals surface area contributed by atoms with Crippen molar-refractivity contribution >= 4 is 101 Å². The third-order valence-electron chi connectivity index (χ3n) is 7.74. The van der Waals surface area contributed by atoms with E-state index in [2.05, 4.69) is 39.2 Å². The Morgan fingerprint density at radius 2 is 1.58 bits per heavy atom. The number of azo groups is 2. The lowest BCUT2D eigenvalue weighted by atomic mass is 10.1. The molecule has 4 aromatic carbocycles. The van der Waals surface area contributed by atoms with Crippen molar-refractivity contribution in [1.29, 1.82) is 0 Å². The number of sulfone groups is 1. The summed E-state index contributed by atoms with van der Waals surface area (Å²) in [6.07, 6.45) is 3.61. The van der Waals surface area contributed by atoms with Gasteiger partial charge in [0.1, 0.15) is 44.9 Å². The lowest BCUT2D eigenvalue weighted by Gasteiger charge is -2.12. The zero-order valence-corrected chi connectivity index (χ0v) is 34.8. The van der Waals surface area contributed by atoms with Gasteiger partial charge in [0.05, 0.1) is 46.7 Å². The van der Waals surface area contributed by atoms with Crippen LogP contribution < -0.4 is 15.0 Å². The summed E-state index contributed by atoms with van der Waals surface area (Å²) < 4.78 is 81.7. The molecule has 5 rings (SSSR count). The highest BCUT2D eigenvalue weighted by molar-refractivity contribution is 7.96. The number of aromatic nitrogens is 1. The van der Waals surface area contributed by atoms with Crippen molar-refractivity contribution in [3.63, 3.8) is 0 Å². The van der Waals surface area contributed by atoms with Gasteiger partial charge in [-0.05, 0) is 61.5 Å². The number of anilines is 1. The molecule has 320 valence electrons. The Morgan fingerprint density at radius 1 is 0.867 bits per heavy atom. The summed E-state index contributed by atoms with van der Waals surface area (Å²) in [6, 6.07) is 15.4. The number of benzene rings is 4. The fourth-order valence-corrected chi connectivity index (χ4v) is 8.39. The number of ether oxygens (including phenoxy) is 1. The molecule has 0 saturated carbocycles. The number of phenols is 1. The third kappa shape index (κ3) is 12.3. The number of nitrogen functional groups attached to an aromatic ring is 1. The summed E-state index contributed by atoms with van der Waals surface area (Å²) in [4.78, 5) is 11.0. The fourth-order valence-electron chi connectivity index (χ4n) is 5.07. The van der Waals surface area contributed by atoms with Crippen molar-refractivity contribution in [3.05, 3.63) is 84.7 Å². The average molecular weight is 930 g/mol. The molecule has 27 heteroatoms. The number of nitrogens with zero attached hydrogens (tertiary/aromatic N) is 5. The number of fused-ring (bicyclic) bond motifs is 1. The number of pyridine rings is 1. The van der Waals surface area contributed by atoms with Crippen LogP contribution in [-0.2, 0) is 54.2 Å². The first-order valence-corrected chi connectivity index (χ1v) is 21.6. The Morgan fingerprint density at radius 3 is 2.28 bits per heavy atom. The first-order valence-electron chi connectivity index (χ1n) is 16.2. The van der Waals surface area contributed by atoms with Gasteiger partial charge < -0.3 is 25.2 Å². The molecule has 1 heterocycles. The molecule has 0 unspecified atom stereocenters. The fraction of sp³-hybridized carbons (Fsp3) is 0.152. The van der Waals surface area contributed by atoms with E-state index in [1.165, 1.54) is 49.6 Å². The molecule has 0 aliphatic rings. The lowest BCUT2D eigenvalue weighted by Crippen LogP contribution is -2.36. The van der Waals surface area contributed by atoms with E-state index in [1.54, 1.807) is 10.8 Å². The highest BCUT2D eigenvalue weighted by atomic mass is 32.2. The van der Waals surface area contributed by atoms with E-state index >= 15 is 0 Å². The predicted molar refractivity (Wildman–Crippen MR) is 215 cm³/mol. The average Bonchev–Trinajstić information content (AvgIpc) is 3.20. The molecule has 0 atom stereocenters. The van der Waals surface area contributed by atoms with E-state index in [0.29, 0.717) is 36.1 Å². The summed E-state index contributed by atoms with van der Waals surface area (Å²) >= 11 is 1.20. The molecular weight excluding hydrogens is 897 g/mol. The van der Waals surface area contributed by atoms with Gasteiger partial charge in [0.25, 0.3) is 10.1 Å². The second-order valence-corrected chi connectivity index (χ2v) is 17.3. The quantitative estimate of drug-likeness (QED) is 0.00861. The topological polar surface area (TPSA) is 332 Å². The molecule has 0 spiro atoms. The largest absolute Gasteiger partial charge is 0.505 e. The number of hydrogen-bond acceptors (Lipinski definition) is 22. The molecule has 60 heavy (non-hydrogen) atoms. The predicted octanol–water partition coefficient (Wildman–Crippen LogP) is 6.51. The minimum Gasteiger partial charge on any atom is -0.505 e. The zero-order chi connectivity index (χ0) is 42.7. The molecule has 22 nitrogen and oxygen atoms in total. The van der Waals surface area contributed by atoms with E-state index in [4.69, 9.17) is 25.2 Å². The number of carbonyl (C=O) groups is 1. The molecule has 1 aromatic heterocycles. The van der Waals surface area contributed by atoms with Crippen molar-refractivity contribution in [3.8, 4) is 11.5 Å². The van der Waals surface area contributed by atoms with E-state index in [-0.39, 0.29) is 71.7 Å². The van der Waals surface area contributed by atoms with Gasteiger partial charge in [-0.3, -0.25) is 9.35 Å². The van der Waals surface area contributed by atoms with Crippen LogP contribution in [0.4, 0.5) is 28.4 Å². The first-order chi connectivity index (χ1) is 28.1. The van der Waals surface area contributed by atoms with Crippen LogP contribution in [0.1, 0.15) is 5.56 Å². The normalized spacial score (nSPS) is 11.9. The third-order valence-corrected chi connectivity index (χ3v) is 12.2. The van der Waals surface area contributed by atoms with E-state index in [1.807, 2.05) is 25.3 Å². The number of carbonyl (C=O) groups excluding carboxylic acids is 1. The highest BCUT2D eigenvalue weighted by Gasteiger charge is 2.23. The molecule has 0 aliphatic carbocycles. The van der Waals surface area contributed by atoms with Crippen LogP contribution in [0.15, 0.2) is 119 Å². The zero-order valence-electron chi connectivity index (χ0n) is 30.8. The van der Waals surface area contributed by atoms with Crippen LogP contribution in [0.3, 0.4) is 0 Å². The Bertz CT molecular complexity index is 2640. The smallest absolute Gasteiger partial charge is 0.330 e. The Hall–Kier alpha value is -5.01. The van der Waals surface area contributed by atoms with Gasteiger partial charge in [-0.1, -0.05) is 10.1 Å². The molecular formula is C33H33N6O16S5+. The number of hydrogen-bond donors (Lipinski definition) is 5. The van der Waals surface area contributed by atoms with Crippen molar-refractivity contribution in [2.24, 2.45) is 20.5 Å². The highest BCUT2D eigenvalue weighted by Crippen LogP contribution is 2.48. The molecule has 0 fully saturated rings. The summed E-state index contributed by atoms with van der Waals surface area (Å²) in [5, 5.41) is 52.3. The summed E-state index contributed by atoms with van der Waals surface area (Å²) in [5.74, 6) is -1.90. The second kappa shape index (κ2) is 21.5. The summed E-state index contributed by atoms with van der Waals surface area (Å²) in [7, 11) is -7.36. The molecule has 0 saturated heterocycles. The van der Waals surface area contributed by atoms with Crippen LogP contribution in [0.25, 0.3) is 10.8 Å². The number of rotatable bonds is 19. The number of nitrogens with two attached hydrogens (primary N) is 1. The van der Waals surface area contributed by atoms with E-state index in [9.17, 15) is 31.3 Å². The van der Waals surface area contributed by atoms with Gasteiger partial charge in [0, 0.05) is 45.4 Å². The maximum atomic E-state index is 13.2. The molecule has 5 aromatic rings. The maximum absolute atomic E-state index is 13.2. The minimum atomic E-state index is -4.95. The van der Waals surface area contributed by atoms with Gasteiger partial charge in [-0.25, -0.2) is 23.5 Å². The van der Waals surface area contributed by atoms with E-state index < -0.39 is 48.0 Å². The standard InChI is InChI=1S/C33H30N6O15S5.H2O/c1-19-4-3-11-39(17-19)12-13-58(44,45)21-6-10-25(27(15-21)49-2)35-37-31-23-16-28(57-54-52-43)32(33(41)22(23)7-8-24(31)34)38-36-26-9-5-20(14-29(26)59(46,47)48)56-50-30(40)18-55-53-51-42;/h3-11,14-17H,12-13,18H2,1-2H3,(H5-,34,35,36,41,42,43,46,47,48);1H2/p+1. The summed E-state index contributed by atoms with van der Waals surface area (Å²) in [6.45, 7) is 2.12. The van der Waals surface area contributed by atoms with Crippen molar-refractivity contribution in [1.82, 2.24) is 0 Å². The van der Waals surface area contributed by atoms with Crippen LogP contribution in [0, 0.1) is 6.92 Å². The number of methoxy groups -OCH3 is 1. The van der Waals surface area contributed by atoms with E-state index in [0.717, 1.165) is 17.7 Å². The monoisotopic (exact) mass is 929 g/mol. The lowest BCUT2D eigenvalue weighted by molar-refractivity contribution is -0.692. The van der Waals surface area contributed by atoms with Gasteiger partial charge in [0.15, 0.2) is 34.5 Å². The molecule has 0 bridgehead atoms. The molecule has 8 N–H and O–H groups in total. The Labute approximate surface area is 353 Å². The first kappa shape index (κ1) is 47.7. The second-order valence-electron chi connectivity index (χ2n) is 11.6. The minimum absolute atomic E-state index is 0. The van der Waals surface area contributed by atoms with Crippen molar-refractivity contribution < 1.29 is 79.5 Å². The molecule has 0 aliphatic heterocycles.